The summed E-state index contributed by atoms with van der Waals surface area (Å²) in [6.07, 6.45) is 2.21. The van der Waals surface area contributed by atoms with E-state index in [0.29, 0.717) is 12.2 Å². The topological polar surface area (TPSA) is 73.8 Å². The molecular formula is C13H16N4O. The molecule has 0 radical (unpaired) electrons. The molecule has 5 heteroatoms. The van der Waals surface area contributed by atoms with Gasteiger partial charge in [0.05, 0.1) is 11.9 Å². The van der Waals surface area contributed by atoms with Gasteiger partial charge < -0.3 is 5.73 Å². The number of para-hydroxylation sites is 1. The van der Waals surface area contributed by atoms with Gasteiger partial charge in [-0.05, 0) is 18.6 Å². The highest BCUT2D eigenvalue weighted by molar-refractivity contribution is 5.96. The average Bonchev–Trinajstić information content (AvgIpc) is 2.90. The monoisotopic (exact) mass is 244 g/mol. The van der Waals surface area contributed by atoms with Crippen LogP contribution < -0.4 is 5.73 Å². The Morgan fingerprint density at radius 1 is 1.39 bits per heavy atom. The van der Waals surface area contributed by atoms with E-state index in [2.05, 4.69) is 10.3 Å². The molecule has 1 atom stereocenters. The Kier molecular flexibility index (Phi) is 3.84. The molecule has 0 aliphatic carbocycles. The van der Waals surface area contributed by atoms with Crippen molar-refractivity contribution in [1.82, 2.24) is 15.0 Å². The summed E-state index contributed by atoms with van der Waals surface area (Å²) in [5, 5.41) is 7.79. The van der Waals surface area contributed by atoms with Crippen LogP contribution in [-0.2, 0) is 0 Å². The van der Waals surface area contributed by atoms with Gasteiger partial charge in [0.25, 0.3) is 0 Å². The van der Waals surface area contributed by atoms with E-state index in [-0.39, 0.29) is 11.7 Å². The second-order valence-electron chi connectivity index (χ2n) is 4.07. The smallest absolute Gasteiger partial charge is 0.187 e. The van der Waals surface area contributed by atoms with Crippen molar-refractivity contribution in [3.63, 3.8) is 0 Å². The molecule has 94 valence electrons. The summed E-state index contributed by atoms with van der Waals surface area (Å²) >= 11 is 0. The van der Waals surface area contributed by atoms with Gasteiger partial charge in [-0.25, -0.2) is 4.68 Å². The fourth-order valence-electron chi connectivity index (χ4n) is 1.83. The van der Waals surface area contributed by atoms with E-state index in [9.17, 15) is 4.79 Å². The Labute approximate surface area is 106 Å². The fourth-order valence-corrected chi connectivity index (χ4v) is 1.83. The summed E-state index contributed by atoms with van der Waals surface area (Å²) in [6.45, 7) is 2.29. The third kappa shape index (κ3) is 2.31. The lowest BCUT2D eigenvalue weighted by Gasteiger charge is -2.11. The van der Waals surface area contributed by atoms with Gasteiger partial charge in [0.2, 0.25) is 0 Å². The highest BCUT2D eigenvalue weighted by Crippen LogP contribution is 2.14. The number of carbonyl (C=O) groups excluding carboxylic acids is 1. The minimum Gasteiger partial charge on any atom is -0.330 e. The first-order chi connectivity index (χ1) is 8.77. The highest BCUT2D eigenvalue weighted by atomic mass is 16.1. The predicted molar refractivity (Wildman–Crippen MR) is 68.5 cm³/mol. The van der Waals surface area contributed by atoms with E-state index < -0.39 is 0 Å². The van der Waals surface area contributed by atoms with Gasteiger partial charge in [-0.1, -0.05) is 30.3 Å². The minimum atomic E-state index is -0.175. The number of carbonyl (C=O) groups is 1. The maximum atomic E-state index is 12.3. The molecule has 2 rings (SSSR count). The zero-order valence-corrected chi connectivity index (χ0v) is 10.3. The van der Waals surface area contributed by atoms with Gasteiger partial charge in [-0.15, -0.1) is 5.10 Å². The van der Waals surface area contributed by atoms with Gasteiger partial charge in [-0.3, -0.25) is 4.79 Å². The minimum absolute atomic E-state index is 0.00569. The maximum Gasteiger partial charge on any atom is 0.187 e. The number of benzene rings is 1. The van der Waals surface area contributed by atoms with E-state index in [0.717, 1.165) is 12.1 Å². The molecular weight excluding hydrogens is 228 g/mol. The molecule has 1 unspecified atom stereocenters. The van der Waals surface area contributed by atoms with E-state index in [1.165, 1.54) is 6.20 Å². The number of ketones is 1. The SMILES string of the molecule is CCC(CN)C(=O)c1cnnn1-c1ccccc1. The molecule has 0 saturated heterocycles. The Balaban J connectivity index is 2.37. The first-order valence-electron chi connectivity index (χ1n) is 5.98. The summed E-state index contributed by atoms with van der Waals surface area (Å²) < 4.78 is 1.56. The predicted octanol–water partition coefficient (Wildman–Crippen LogP) is 1.43. The quantitative estimate of drug-likeness (QED) is 0.807. The highest BCUT2D eigenvalue weighted by Gasteiger charge is 2.21. The van der Waals surface area contributed by atoms with Crippen LogP contribution in [0.4, 0.5) is 0 Å². The summed E-state index contributed by atoms with van der Waals surface area (Å²) in [4.78, 5) is 12.3. The Morgan fingerprint density at radius 3 is 2.72 bits per heavy atom. The molecule has 0 spiro atoms. The van der Waals surface area contributed by atoms with E-state index in [1.807, 2.05) is 37.3 Å². The second kappa shape index (κ2) is 5.55. The van der Waals surface area contributed by atoms with Crippen LogP contribution in [0.25, 0.3) is 5.69 Å². The molecule has 5 nitrogen and oxygen atoms in total. The summed E-state index contributed by atoms with van der Waals surface area (Å²) in [6, 6.07) is 9.47. The largest absolute Gasteiger partial charge is 0.330 e. The molecule has 0 amide bonds. The Morgan fingerprint density at radius 2 is 2.11 bits per heavy atom. The van der Waals surface area contributed by atoms with Gasteiger partial charge >= 0.3 is 0 Å². The van der Waals surface area contributed by atoms with Crippen molar-refractivity contribution in [1.29, 1.82) is 0 Å². The number of nitrogens with two attached hydrogens (primary N) is 1. The number of aromatic nitrogens is 3. The molecule has 0 saturated carbocycles. The molecule has 2 aromatic rings. The normalized spacial score (nSPS) is 12.3. The summed E-state index contributed by atoms with van der Waals surface area (Å²) in [5.41, 5.74) is 6.92. The lowest BCUT2D eigenvalue weighted by Crippen LogP contribution is -2.25. The van der Waals surface area contributed by atoms with Crippen molar-refractivity contribution in [2.45, 2.75) is 13.3 Å². The second-order valence-corrected chi connectivity index (χ2v) is 4.07. The van der Waals surface area contributed by atoms with Gasteiger partial charge in [-0.2, -0.15) is 0 Å². The molecule has 1 aromatic heterocycles. The van der Waals surface area contributed by atoms with Crippen LogP contribution in [0.3, 0.4) is 0 Å². The van der Waals surface area contributed by atoms with Gasteiger partial charge in [0.15, 0.2) is 5.78 Å². The Bertz CT molecular complexity index is 517. The molecule has 1 heterocycles. The number of nitrogens with zero attached hydrogens (tertiary/aromatic N) is 3. The van der Waals surface area contributed by atoms with Crippen LogP contribution in [0, 0.1) is 5.92 Å². The van der Waals surface area contributed by atoms with Crippen LogP contribution in [0.2, 0.25) is 0 Å². The average molecular weight is 244 g/mol. The summed E-state index contributed by atoms with van der Waals surface area (Å²) in [5.74, 6) is -0.181. The standard InChI is InChI=1S/C13H16N4O/c1-2-10(8-14)13(18)12-9-15-16-17(12)11-6-4-3-5-7-11/h3-7,9-10H,2,8,14H2,1H3. The molecule has 18 heavy (non-hydrogen) atoms. The molecule has 2 N–H and O–H groups in total. The lowest BCUT2D eigenvalue weighted by atomic mass is 9.99. The molecule has 0 aliphatic rings. The van der Waals surface area contributed by atoms with Crippen LogP contribution in [0.15, 0.2) is 36.5 Å². The van der Waals surface area contributed by atoms with Crippen LogP contribution in [0.5, 0.6) is 0 Å². The van der Waals surface area contributed by atoms with Crippen LogP contribution in [-0.4, -0.2) is 27.3 Å². The van der Waals surface area contributed by atoms with Crippen molar-refractivity contribution < 1.29 is 4.79 Å². The van der Waals surface area contributed by atoms with Crippen molar-refractivity contribution in [2.24, 2.45) is 11.7 Å². The number of rotatable bonds is 5. The number of Topliss-reactive ketones (excluding diaryl/α,β-unsaturated/α-hetero) is 1. The summed E-state index contributed by atoms with van der Waals surface area (Å²) in [7, 11) is 0. The van der Waals surface area contributed by atoms with E-state index in [4.69, 9.17) is 5.73 Å². The van der Waals surface area contributed by atoms with Crippen LogP contribution in [0.1, 0.15) is 23.8 Å². The fraction of sp³-hybridized carbons (Fsp3) is 0.308. The van der Waals surface area contributed by atoms with Gasteiger partial charge in [0.1, 0.15) is 5.69 Å². The first kappa shape index (κ1) is 12.4. The van der Waals surface area contributed by atoms with Crippen molar-refractivity contribution >= 4 is 5.78 Å². The van der Waals surface area contributed by atoms with Crippen LogP contribution >= 0.6 is 0 Å². The number of hydrogen-bond acceptors (Lipinski definition) is 4. The number of hydrogen-bond donors (Lipinski definition) is 1. The molecule has 1 aromatic carbocycles. The van der Waals surface area contributed by atoms with Crippen molar-refractivity contribution in [2.75, 3.05) is 6.54 Å². The lowest BCUT2D eigenvalue weighted by molar-refractivity contribution is 0.0913. The third-order valence-corrected chi connectivity index (χ3v) is 2.95. The van der Waals surface area contributed by atoms with Crippen molar-refractivity contribution in [3.05, 3.63) is 42.2 Å². The zero-order chi connectivity index (χ0) is 13.0. The van der Waals surface area contributed by atoms with E-state index >= 15 is 0 Å². The zero-order valence-electron chi connectivity index (χ0n) is 10.3. The Hall–Kier alpha value is -2.01. The molecule has 0 fully saturated rings. The van der Waals surface area contributed by atoms with E-state index in [1.54, 1.807) is 4.68 Å². The maximum absolute atomic E-state index is 12.3. The molecule has 0 aliphatic heterocycles. The van der Waals surface area contributed by atoms with Crippen molar-refractivity contribution in [3.8, 4) is 5.69 Å². The molecule has 0 bridgehead atoms. The van der Waals surface area contributed by atoms with Gasteiger partial charge in [0, 0.05) is 12.5 Å². The third-order valence-electron chi connectivity index (χ3n) is 2.95. The first-order valence-corrected chi connectivity index (χ1v) is 5.98.